The molecule has 0 radical (unpaired) electrons. The van der Waals surface area contributed by atoms with Crippen molar-refractivity contribution in [1.29, 1.82) is 0 Å². The molecule has 0 unspecified atom stereocenters. The molecule has 0 bridgehead atoms. The van der Waals surface area contributed by atoms with E-state index in [0.717, 1.165) is 10.2 Å². The van der Waals surface area contributed by atoms with Crippen LogP contribution in [0.2, 0.25) is 0 Å². The third kappa shape index (κ3) is 4.34. The minimum atomic E-state index is 1.15. The van der Waals surface area contributed by atoms with Crippen LogP contribution in [0.5, 0.6) is 0 Å². The zero-order valence-corrected chi connectivity index (χ0v) is 26.6. The first-order valence-electron chi connectivity index (χ1n) is 15.1. The molecule has 45 heavy (non-hydrogen) atoms. The third-order valence-electron chi connectivity index (χ3n) is 8.84. The maximum atomic E-state index is 3.83. The molecule has 0 saturated carbocycles. The van der Waals surface area contributed by atoms with Crippen LogP contribution in [0.1, 0.15) is 0 Å². The van der Waals surface area contributed by atoms with Crippen LogP contribution in [0, 0.1) is 0 Å². The molecule has 1 nitrogen and oxygen atoms in total. The van der Waals surface area contributed by atoms with Gasteiger partial charge in [-0.2, -0.15) is 0 Å². The van der Waals surface area contributed by atoms with Gasteiger partial charge >= 0.3 is 0 Å². The summed E-state index contributed by atoms with van der Waals surface area (Å²) in [6.07, 6.45) is 0. The van der Waals surface area contributed by atoms with Gasteiger partial charge in [-0.3, -0.25) is 0 Å². The zero-order chi connectivity index (χ0) is 29.9. The van der Waals surface area contributed by atoms with Gasteiger partial charge in [0.15, 0.2) is 0 Å². The first-order chi connectivity index (χ1) is 22.2. The van der Waals surface area contributed by atoms with Crippen molar-refractivity contribution >= 4 is 69.2 Å². The first-order valence-corrected chi connectivity index (χ1v) is 16.7. The van der Waals surface area contributed by atoms with Crippen molar-refractivity contribution in [2.24, 2.45) is 0 Å². The number of halogens is 1. The number of aromatic nitrogens is 1. The maximum absolute atomic E-state index is 3.83. The molecule has 0 aliphatic carbocycles. The second-order valence-electron chi connectivity index (χ2n) is 11.5. The molecule has 0 saturated heterocycles. The van der Waals surface area contributed by atoms with Crippen LogP contribution in [-0.4, -0.2) is 4.57 Å². The summed E-state index contributed by atoms with van der Waals surface area (Å²) in [5.74, 6) is 0. The molecule has 2 aromatic heterocycles. The van der Waals surface area contributed by atoms with Gasteiger partial charge in [0.2, 0.25) is 0 Å². The van der Waals surface area contributed by atoms with E-state index in [1.54, 1.807) is 0 Å². The highest BCUT2D eigenvalue weighted by Gasteiger charge is 2.20. The summed E-state index contributed by atoms with van der Waals surface area (Å²) < 4.78 is 6.24. The van der Waals surface area contributed by atoms with Crippen LogP contribution >= 0.6 is 27.3 Å². The van der Waals surface area contributed by atoms with Crippen molar-refractivity contribution in [3.05, 3.63) is 162 Å². The fourth-order valence-corrected chi connectivity index (χ4v) is 8.62. The average molecular weight is 657 g/mol. The van der Waals surface area contributed by atoms with E-state index in [-0.39, 0.29) is 0 Å². The van der Waals surface area contributed by atoms with Gasteiger partial charge in [-0.25, -0.2) is 0 Å². The number of hydrogen-bond donors (Lipinski definition) is 0. The molecule has 3 heteroatoms. The van der Waals surface area contributed by atoms with Crippen LogP contribution < -0.4 is 0 Å². The van der Waals surface area contributed by atoms with Crippen LogP contribution in [0.4, 0.5) is 0 Å². The lowest BCUT2D eigenvalue weighted by molar-refractivity contribution is 1.18. The standard InChI is InChI=1S/C42H26BrNS/c43-37-18-10-17-34-35-21-22-38-40(42(35)45-41(34)37)36-20-19-30(27-11-4-1-5-12-27)26-39(36)44(38)33-24-31(28-13-6-2-7-14-28)23-32(25-33)29-15-8-3-9-16-29/h1-26H. The van der Waals surface area contributed by atoms with Gasteiger partial charge in [0.25, 0.3) is 0 Å². The topological polar surface area (TPSA) is 4.93 Å². The van der Waals surface area contributed by atoms with Gasteiger partial charge in [0.05, 0.1) is 11.0 Å². The van der Waals surface area contributed by atoms with E-state index < -0.39 is 0 Å². The molecule has 0 spiro atoms. The van der Waals surface area contributed by atoms with E-state index in [1.807, 2.05) is 11.3 Å². The summed E-state index contributed by atoms with van der Waals surface area (Å²) in [6, 6.07) is 57.3. The normalized spacial score (nSPS) is 11.7. The van der Waals surface area contributed by atoms with Crippen LogP contribution in [0.25, 0.3) is 81.0 Å². The van der Waals surface area contributed by atoms with Gasteiger partial charge in [-0.15, -0.1) is 11.3 Å². The Labute approximate surface area is 273 Å². The van der Waals surface area contributed by atoms with Crippen LogP contribution in [0.15, 0.2) is 162 Å². The number of hydrogen-bond acceptors (Lipinski definition) is 1. The Kier molecular flexibility index (Phi) is 6.22. The molecule has 0 N–H and O–H groups in total. The van der Waals surface area contributed by atoms with Crippen molar-refractivity contribution in [3.63, 3.8) is 0 Å². The summed E-state index contributed by atoms with van der Waals surface area (Å²) in [7, 11) is 0. The Morgan fingerprint density at radius 3 is 1.62 bits per heavy atom. The minimum absolute atomic E-state index is 1.15. The lowest BCUT2D eigenvalue weighted by Gasteiger charge is -2.14. The largest absolute Gasteiger partial charge is 0.309 e. The van der Waals surface area contributed by atoms with Crippen molar-refractivity contribution < 1.29 is 0 Å². The highest BCUT2D eigenvalue weighted by atomic mass is 79.9. The lowest BCUT2D eigenvalue weighted by Crippen LogP contribution is -1.96. The molecule has 9 aromatic rings. The fraction of sp³-hybridized carbons (Fsp3) is 0. The molecule has 212 valence electrons. The van der Waals surface area contributed by atoms with Gasteiger partial charge in [0.1, 0.15) is 0 Å². The van der Waals surface area contributed by atoms with E-state index in [4.69, 9.17) is 0 Å². The fourth-order valence-electron chi connectivity index (χ4n) is 6.74. The monoisotopic (exact) mass is 655 g/mol. The average Bonchev–Trinajstić information content (AvgIpc) is 3.65. The van der Waals surface area contributed by atoms with Crippen LogP contribution in [-0.2, 0) is 0 Å². The number of rotatable bonds is 4. The van der Waals surface area contributed by atoms with Crippen molar-refractivity contribution in [2.45, 2.75) is 0 Å². The highest BCUT2D eigenvalue weighted by Crippen LogP contribution is 2.46. The Morgan fingerprint density at radius 1 is 0.400 bits per heavy atom. The number of benzene rings is 7. The van der Waals surface area contributed by atoms with Crippen molar-refractivity contribution in [1.82, 2.24) is 4.57 Å². The van der Waals surface area contributed by atoms with Crippen molar-refractivity contribution in [3.8, 4) is 39.1 Å². The van der Waals surface area contributed by atoms with Crippen molar-refractivity contribution in [2.75, 3.05) is 0 Å². The molecular formula is C42H26BrNS. The summed E-state index contributed by atoms with van der Waals surface area (Å²) in [4.78, 5) is 0. The predicted molar refractivity (Wildman–Crippen MR) is 198 cm³/mol. The summed E-state index contributed by atoms with van der Waals surface area (Å²) >= 11 is 5.71. The van der Waals surface area contributed by atoms with E-state index in [1.165, 1.54) is 75.4 Å². The number of thiophene rings is 1. The van der Waals surface area contributed by atoms with Gasteiger partial charge in [-0.1, -0.05) is 121 Å². The van der Waals surface area contributed by atoms with Crippen LogP contribution in [0.3, 0.4) is 0 Å². The molecule has 0 fully saturated rings. The van der Waals surface area contributed by atoms with E-state index >= 15 is 0 Å². The second kappa shape index (κ2) is 10.6. The molecule has 0 amide bonds. The maximum Gasteiger partial charge on any atom is 0.0555 e. The Balaban J connectivity index is 1.42. The lowest BCUT2D eigenvalue weighted by atomic mass is 9.98. The molecule has 9 rings (SSSR count). The van der Waals surface area contributed by atoms with E-state index in [0.29, 0.717) is 0 Å². The van der Waals surface area contributed by atoms with Gasteiger partial charge in [0, 0.05) is 41.1 Å². The molecule has 7 aromatic carbocycles. The third-order valence-corrected chi connectivity index (χ3v) is 11.0. The quantitative estimate of drug-likeness (QED) is 0.178. The Morgan fingerprint density at radius 2 is 0.978 bits per heavy atom. The summed E-state index contributed by atoms with van der Waals surface area (Å²) in [6.45, 7) is 0. The molecule has 0 aliphatic heterocycles. The second-order valence-corrected chi connectivity index (χ2v) is 13.4. The molecule has 0 atom stereocenters. The van der Waals surface area contributed by atoms with E-state index in [9.17, 15) is 0 Å². The van der Waals surface area contributed by atoms with Gasteiger partial charge in [-0.05, 0) is 85.7 Å². The molecular weight excluding hydrogens is 630 g/mol. The predicted octanol–water partition coefficient (Wildman–Crippen LogP) is 12.9. The van der Waals surface area contributed by atoms with Gasteiger partial charge < -0.3 is 4.57 Å². The molecule has 0 aliphatic rings. The summed E-state index contributed by atoms with van der Waals surface area (Å²) in [5.41, 5.74) is 10.8. The zero-order valence-electron chi connectivity index (χ0n) is 24.2. The van der Waals surface area contributed by atoms with E-state index in [2.05, 4.69) is 178 Å². The smallest absolute Gasteiger partial charge is 0.0555 e. The minimum Gasteiger partial charge on any atom is -0.309 e. The molecule has 2 heterocycles. The number of fused-ring (bicyclic) bond motifs is 7. The SMILES string of the molecule is Brc1cccc2c1sc1c2ccc2c1c1ccc(-c3ccccc3)cc1n2-c1cc(-c2ccccc2)cc(-c2ccccc2)c1. The highest BCUT2D eigenvalue weighted by molar-refractivity contribution is 9.10. The number of nitrogens with zero attached hydrogens (tertiary/aromatic N) is 1. The first kappa shape index (κ1) is 26.4. The Bertz CT molecular complexity index is 2470. The summed E-state index contributed by atoms with van der Waals surface area (Å²) in [5, 5.41) is 5.18. The Hall–Kier alpha value is -4.96.